The summed E-state index contributed by atoms with van der Waals surface area (Å²) < 4.78 is 0. The molecule has 1 saturated carbocycles. The van der Waals surface area contributed by atoms with E-state index in [9.17, 15) is 9.59 Å². The minimum atomic E-state index is -0.325. The highest BCUT2D eigenvalue weighted by Gasteiger charge is 2.41. The average molecular weight is 277 g/mol. The van der Waals surface area contributed by atoms with E-state index in [4.69, 9.17) is 0 Å². The summed E-state index contributed by atoms with van der Waals surface area (Å²) in [5.74, 6) is 0.835. The third-order valence-corrected chi connectivity index (χ3v) is 3.97. The predicted molar refractivity (Wildman–Crippen MR) is 70.4 cm³/mol. The summed E-state index contributed by atoms with van der Waals surface area (Å²) in [5, 5.41) is 9.41. The molecule has 7 nitrogen and oxygen atoms in total. The summed E-state index contributed by atoms with van der Waals surface area (Å²) >= 11 is 0. The minimum Gasteiger partial charge on any atom is -0.345 e. The smallest absolute Gasteiger partial charge is 0.243 e. The van der Waals surface area contributed by atoms with Crippen molar-refractivity contribution in [3.63, 3.8) is 0 Å². The Labute approximate surface area is 117 Å². The fourth-order valence-electron chi connectivity index (χ4n) is 2.67. The standard InChI is InChI=1S/C13H19N5O2/c1-8(11-14-7-15-17-11)16-12(19)10-3-2-6-18(10)13(20)9-4-5-9/h7-10H,2-6H2,1H3,(H,16,19)(H,14,15,17). The quantitative estimate of drug-likeness (QED) is 0.832. The maximum absolute atomic E-state index is 12.3. The molecule has 1 aliphatic heterocycles. The molecule has 2 N–H and O–H groups in total. The zero-order valence-corrected chi connectivity index (χ0v) is 11.5. The highest BCUT2D eigenvalue weighted by molar-refractivity contribution is 5.90. The highest BCUT2D eigenvalue weighted by Crippen LogP contribution is 2.33. The lowest BCUT2D eigenvalue weighted by Gasteiger charge is -2.25. The first-order chi connectivity index (χ1) is 9.66. The van der Waals surface area contributed by atoms with Crippen molar-refractivity contribution in [2.75, 3.05) is 6.54 Å². The van der Waals surface area contributed by atoms with E-state index in [0.717, 1.165) is 25.7 Å². The second-order valence-corrected chi connectivity index (χ2v) is 5.56. The van der Waals surface area contributed by atoms with Crippen molar-refractivity contribution in [3.05, 3.63) is 12.2 Å². The lowest BCUT2D eigenvalue weighted by Crippen LogP contribution is -2.47. The number of aromatic amines is 1. The highest BCUT2D eigenvalue weighted by atomic mass is 16.2. The number of carbonyl (C=O) groups is 2. The van der Waals surface area contributed by atoms with Gasteiger partial charge in [-0.1, -0.05) is 0 Å². The van der Waals surface area contributed by atoms with Gasteiger partial charge in [-0.15, -0.1) is 0 Å². The summed E-state index contributed by atoms with van der Waals surface area (Å²) in [6.45, 7) is 2.55. The van der Waals surface area contributed by atoms with Crippen LogP contribution in [-0.4, -0.2) is 44.5 Å². The molecule has 20 heavy (non-hydrogen) atoms. The predicted octanol–water partition coefficient (Wildman–Crippen LogP) is 0.383. The van der Waals surface area contributed by atoms with Gasteiger partial charge in [-0.25, -0.2) is 4.98 Å². The fourth-order valence-corrected chi connectivity index (χ4v) is 2.67. The molecule has 0 aromatic carbocycles. The number of aromatic nitrogens is 3. The monoisotopic (exact) mass is 277 g/mol. The molecule has 3 rings (SSSR count). The van der Waals surface area contributed by atoms with E-state index in [1.807, 2.05) is 6.92 Å². The third kappa shape index (κ3) is 2.52. The molecule has 1 aromatic heterocycles. The summed E-state index contributed by atoms with van der Waals surface area (Å²) in [7, 11) is 0. The molecule has 2 amide bonds. The molecule has 1 aliphatic carbocycles. The second kappa shape index (κ2) is 5.22. The maximum Gasteiger partial charge on any atom is 0.243 e. The van der Waals surface area contributed by atoms with Gasteiger partial charge in [-0.3, -0.25) is 14.7 Å². The Kier molecular flexibility index (Phi) is 3.42. The van der Waals surface area contributed by atoms with Gasteiger partial charge in [0, 0.05) is 12.5 Å². The number of H-pyrrole nitrogens is 1. The number of carbonyl (C=O) groups excluding carboxylic acids is 2. The average Bonchev–Trinajstić information content (AvgIpc) is 2.96. The summed E-state index contributed by atoms with van der Waals surface area (Å²) in [4.78, 5) is 30.3. The van der Waals surface area contributed by atoms with Crippen LogP contribution in [0.4, 0.5) is 0 Å². The van der Waals surface area contributed by atoms with Crippen molar-refractivity contribution < 1.29 is 9.59 Å². The van der Waals surface area contributed by atoms with Crippen LogP contribution in [0.5, 0.6) is 0 Å². The number of likely N-dealkylation sites (tertiary alicyclic amines) is 1. The van der Waals surface area contributed by atoms with Gasteiger partial charge < -0.3 is 10.2 Å². The van der Waals surface area contributed by atoms with Crippen LogP contribution in [0.1, 0.15) is 44.5 Å². The minimum absolute atomic E-state index is 0.0969. The number of hydrogen-bond donors (Lipinski definition) is 2. The number of rotatable bonds is 4. The molecule has 1 saturated heterocycles. The third-order valence-electron chi connectivity index (χ3n) is 3.97. The summed E-state index contributed by atoms with van der Waals surface area (Å²) in [6, 6.07) is -0.558. The van der Waals surface area contributed by atoms with Crippen molar-refractivity contribution in [1.82, 2.24) is 25.4 Å². The van der Waals surface area contributed by atoms with E-state index in [2.05, 4.69) is 20.5 Å². The molecule has 2 unspecified atom stereocenters. The first-order valence-corrected chi connectivity index (χ1v) is 7.13. The van der Waals surface area contributed by atoms with Gasteiger partial charge in [-0.2, -0.15) is 5.10 Å². The molecule has 2 fully saturated rings. The van der Waals surface area contributed by atoms with Crippen LogP contribution >= 0.6 is 0 Å². The number of nitrogens with one attached hydrogen (secondary N) is 2. The van der Waals surface area contributed by atoms with E-state index in [0.29, 0.717) is 12.4 Å². The Morgan fingerprint density at radius 3 is 2.90 bits per heavy atom. The van der Waals surface area contributed by atoms with Crippen LogP contribution in [0.2, 0.25) is 0 Å². The van der Waals surface area contributed by atoms with Crippen LogP contribution in [0.15, 0.2) is 6.33 Å². The van der Waals surface area contributed by atoms with Gasteiger partial charge in [0.15, 0.2) is 0 Å². The summed E-state index contributed by atoms with van der Waals surface area (Å²) in [6.07, 6.45) is 4.99. The molecular formula is C13H19N5O2. The van der Waals surface area contributed by atoms with Crippen LogP contribution in [0.25, 0.3) is 0 Å². The van der Waals surface area contributed by atoms with Crippen LogP contribution in [0, 0.1) is 5.92 Å². The first-order valence-electron chi connectivity index (χ1n) is 7.13. The Hall–Kier alpha value is -1.92. The van der Waals surface area contributed by atoms with E-state index in [1.54, 1.807) is 4.90 Å². The molecular weight excluding hydrogens is 258 g/mol. The summed E-state index contributed by atoms with van der Waals surface area (Å²) in [5.41, 5.74) is 0. The molecule has 7 heteroatoms. The second-order valence-electron chi connectivity index (χ2n) is 5.56. The number of amides is 2. The van der Waals surface area contributed by atoms with E-state index >= 15 is 0 Å². The first kappa shape index (κ1) is 13.1. The van der Waals surface area contributed by atoms with Crippen LogP contribution in [0.3, 0.4) is 0 Å². The molecule has 0 bridgehead atoms. The van der Waals surface area contributed by atoms with E-state index < -0.39 is 0 Å². The lowest BCUT2D eigenvalue weighted by molar-refractivity contribution is -0.139. The lowest BCUT2D eigenvalue weighted by atomic mass is 10.2. The number of nitrogens with zero attached hydrogens (tertiary/aromatic N) is 3. The van der Waals surface area contributed by atoms with Gasteiger partial charge >= 0.3 is 0 Å². The zero-order valence-electron chi connectivity index (χ0n) is 11.5. The van der Waals surface area contributed by atoms with Crippen LogP contribution in [-0.2, 0) is 9.59 Å². The van der Waals surface area contributed by atoms with Crippen molar-refractivity contribution >= 4 is 11.8 Å². The van der Waals surface area contributed by atoms with Gasteiger partial charge in [0.1, 0.15) is 18.2 Å². The normalized spacial score (nSPS) is 23.6. The molecule has 2 heterocycles. The van der Waals surface area contributed by atoms with Crippen molar-refractivity contribution in [1.29, 1.82) is 0 Å². The fraction of sp³-hybridized carbons (Fsp3) is 0.692. The van der Waals surface area contributed by atoms with Crippen molar-refractivity contribution in [2.24, 2.45) is 5.92 Å². The molecule has 108 valence electrons. The molecule has 2 atom stereocenters. The molecule has 2 aliphatic rings. The topological polar surface area (TPSA) is 91.0 Å². The maximum atomic E-state index is 12.3. The van der Waals surface area contributed by atoms with Gasteiger partial charge in [0.25, 0.3) is 0 Å². The van der Waals surface area contributed by atoms with E-state index in [-0.39, 0.29) is 29.8 Å². The van der Waals surface area contributed by atoms with Crippen molar-refractivity contribution in [2.45, 2.75) is 44.7 Å². The zero-order chi connectivity index (χ0) is 14.1. The van der Waals surface area contributed by atoms with Crippen molar-refractivity contribution in [3.8, 4) is 0 Å². The Morgan fingerprint density at radius 2 is 2.25 bits per heavy atom. The molecule has 0 radical (unpaired) electrons. The number of hydrogen-bond acceptors (Lipinski definition) is 4. The Bertz CT molecular complexity index is 497. The van der Waals surface area contributed by atoms with Crippen LogP contribution < -0.4 is 5.32 Å². The van der Waals surface area contributed by atoms with Gasteiger partial charge in [-0.05, 0) is 32.6 Å². The molecule has 0 spiro atoms. The van der Waals surface area contributed by atoms with Gasteiger partial charge in [0.05, 0.1) is 6.04 Å². The largest absolute Gasteiger partial charge is 0.345 e. The SMILES string of the molecule is CC(NC(=O)C1CCCN1C(=O)C1CC1)c1ncn[nH]1. The van der Waals surface area contributed by atoms with E-state index in [1.165, 1.54) is 6.33 Å². The Balaban J connectivity index is 1.62. The molecule has 1 aromatic rings. The van der Waals surface area contributed by atoms with Gasteiger partial charge in [0.2, 0.25) is 11.8 Å². The Morgan fingerprint density at radius 1 is 1.45 bits per heavy atom.